The van der Waals surface area contributed by atoms with E-state index in [2.05, 4.69) is 4.98 Å². The minimum atomic E-state index is -0.0170. The molecule has 1 aromatic carbocycles. The molecule has 0 saturated heterocycles. The molecule has 1 heterocycles. The number of rotatable bonds is 3. The number of nitrogens with two attached hydrogens (primary N) is 1. The fourth-order valence-electron chi connectivity index (χ4n) is 1.46. The van der Waals surface area contributed by atoms with Gasteiger partial charge in [0.15, 0.2) is 5.78 Å². The van der Waals surface area contributed by atoms with E-state index in [1.54, 1.807) is 36.7 Å². The average Bonchev–Trinajstić information content (AvgIpc) is 2.39. The first-order valence-electron chi connectivity index (χ1n) is 5.05. The SMILES string of the molecule is NCc1ccc(C(=O)c2cccnc2)cc1. The summed E-state index contributed by atoms with van der Waals surface area (Å²) in [6.45, 7) is 0.487. The van der Waals surface area contributed by atoms with Crippen molar-refractivity contribution < 1.29 is 4.79 Å². The quantitative estimate of drug-likeness (QED) is 0.789. The number of hydrogen-bond acceptors (Lipinski definition) is 3. The molecular weight excluding hydrogens is 200 g/mol. The summed E-state index contributed by atoms with van der Waals surface area (Å²) < 4.78 is 0. The van der Waals surface area contributed by atoms with Crippen LogP contribution in [0, 0.1) is 0 Å². The molecule has 0 aliphatic heterocycles. The summed E-state index contributed by atoms with van der Waals surface area (Å²) in [5.74, 6) is -0.0170. The van der Waals surface area contributed by atoms with Crippen LogP contribution < -0.4 is 5.73 Å². The van der Waals surface area contributed by atoms with Gasteiger partial charge in [-0.15, -0.1) is 0 Å². The summed E-state index contributed by atoms with van der Waals surface area (Å²) in [6, 6.07) is 10.8. The van der Waals surface area contributed by atoms with E-state index in [0.717, 1.165) is 5.56 Å². The number of pyridine rings is 1. The largest absolute Gasteiger partial charge is 0.326 e. The van der Waals surface area contributed by atoms with Gasteiger partial charge in [0, 0.05) is 30.1 Å². The van der Waals surface area contributed by atoms with Gasteiger partial charge >= 0.3 is 0 Å². The van der Waals surface area contributed by atoms with Crippen LogP contribution in [0.15, 0.2) is 48.8 Å². The maximum Gasteiger partial charge on any atom is 0.194 e. The van der Waals surface area contributed by atoms with Crippen LogP contribution in [0.5, 0.6) is 0 Å². The zero-order chi connectivity index (χ0) is 11.4. The first kappa shape index (κ1) is 10.5. The summed E-state index contributed by atoms with van der Waals surface area (Å²) in [5.41, 5.74) is 7.77. The predicted molar refractivity (Wildman–Crippen MR) is 62.0 cm³/mol. The number of carbonyl (C=O) groups excluding carboxylic acids is 1. The van der Waals surface area contributed by atoms with Crippen molar-refractivity contribution in [3.63, 3.8) is 0 Å². The van der Waals surface area contributed by atoms with E-state index in [4.69, 9.17) is 5.73 Å². The molecule has 0 spiro atoms. The average molecular weight is 212 g/mol. The maximum atomic E-state index is 12.0. The molecule has 0 amide bonds. The molecule has 0 unspecified atom stereocenters. The number of carbonyl (C=O) groups is 1. The van der Waals surface area contributed by atoms with Crippen LogP contribution in [0.4, 0.5) is 0 Å². The Bertz CT molecular complexity index is 477. The van der Waals surface area contributed by atoms with E-state index in [0.29, 0.717) is 17.7 Å². The summed E-state index contributed by atoms with van der Waals surface area (Å²) in [4.78, 5) is 15.9. The molecule has 0 bridgehead atoms. The Morgan fingerprint density at radius 1 is 1.12 bits per heavy atom. The zero-order valence-corrected chi connectivity index (χ0v) is 8.76. The molecule has 0 aliphatic carbocycles. The lowest BCUT2D eigenvalue weighted by Gasteiger charge is -2.01. The third-order valence-corrected chi connectivity index (χ3v) is 2.38. The smallest absolute Gasteiger partial charge is 0.194 e. The Morgan fingerprint density at radius 3 is 2.44 bits per heavy atom. The number of nitrogens with zero attached hydrogens (tertiary/aromatic N) is 1. The van der Waals surface area contributed by atoms with Gasteiger partial charge in [-0.1, -0.05) is 24.3 Å². The van der Waals surface area contributed by atoms with Crippen molar-refractivity contribution in [2.75, 3.05) is 0 Å². The van der Waals surface area contributed by atoms with E-state index in [9.17, 15) is 4.79 Å². The third kappa shape index (κ3) is 2.15. The van der Waals surface area contributed by atoms with Crippen LogP contribution in [0.25, 0.3) is 0 Å². The molecule has 16 heavy (non-hydrogen) atoms. The molecule has 3 heteroatoms. The van der Waals surface area contributed by atoms with E-state index >= 15 is 0 Å². The first-order valence-corrected chi connectivity index (χ1v) is 5.05. The lowest BCUT2D eigenvalue weighted by molar-refractivity contribution is 0.103. The second-order valence-electron chi connectivity index (χ2n) is 3.47. The fraction of sp³-hybridized carbons (Fsp3) is 0.0769. The zero-order valence-electron chi connectivity index (χ0n) is 8.76. The highest BCUT2D eigenvalue weighted by Gasteiger charge is 2.07. The van der Waals surface area contributed by atoms with Crippen LogP contribution in [0.1, 0.15) is 21.5 Å². The molecule has 3 nitrogen and oxygen atoms in total. The van der Waals surface area contributed by atoms with Crippen LogP contribution in [-0.2, 0) is 6.54 Å². The van der Waals surface area contributed by atoms with E-state index in [-0.39, 0.29) is 5.78 Å². The van der Waals surface area contributed by atoms with Gasteiger partial charge in [0.25, 0.3) is 0 Å². The Balaban J connectivity index is 2.28. The summed E-state index contributed by atoms with van der Waals surface area (Å²) in [6.07, 6.45) is 3.22. The van der Waals surface area contributed by atoms with Crippen molar-refractivity contribution in [3.8, 4) is 0 Å². The molecular formula is C13H12N2O. The molecule has 0 atom stereocenters. The monoisotopic (exact) mass is 212 g/mol. The Hall–Kier alpha value is -2.00. The number of ketones is 1. The van der Waals surface area contributed by atoms with Crippen LogP contribution in [0.2, 0.25) is 0 Å². The van der Waals surface area contributed by atoms with E-state index in [1.807, 2.05) is 12.1 Å². The van der Waals surface area contributed by atoms with Crippen molar-refractivity contribution in [3.05, 3.63) is 65.5 Å². The second kappa shape index (κ2) is 4.68. The van der Waals surface area contributed by atoms with Gasteiger partial charge in [-0.3, -0.25) is 9.78 Å². The van der Waals surface area contributed by atoms with Crippen molar-refractivity contribution in [1.82, 2.24) is 4.98 Å². The van der Waals surface area contributed by atoms with Crippen molar-refractivity contribution in [2.45, 2.75) is 6.54 Å². The molecule has 0 saturated carbocycles. The minimum Gasteiger partial charge on any atom is -0.326 e. The number of hydrogen-bond donors (Lipinski definition) is 1. The van der Waals surface area contributed by atoms with Gasteiger partial charge in [0.05, 0.1) is 0 Å². The highest BCUT2D eigenvalue weighted by molar-refractivity contribution is 6.08. The molecule has 2 N–H and O–H groups in total. The summed E-state index contributed by atoms with van der Waals surface area (Å²) in [5, 5.41) is 0. The Kier molecular flexibility index (Phi) is 3.08. The summed E-state index contributed by atoms with van der Waals surface area (Å²) >= 11 is 0. The van der Waals surface area contributed by atoms with Gasteiger partial charge in [-0.05, 0) is 17.7 Å². The predicted octanol–water partition coefficient (Wildman–Crippen LogP) is 1.77. The lowest BCUT2D eigenvalue weighted by atomic mass is 10.0. The molecule has 1 aromatic heterocycles. The van der Waals surface area contributed by atoms with Crippen LogP contribution in [0.3, 0.4) is 0 Å². The van der Waals surface area contributed by atoms with E-state index < -0.39 is 0 Å². The molecule has 2 aromatic rings. The van der Waals surface area contributed by atoms with Crippen molar-refractivity contribution in [1.29, 1.82) is 0 Å². The number of benzene rings is 1. The second-order valence-corrected chi connectivity index (χ2v) is 3.47. The Morgan fingerprint density at radius 2 is 1.88 bits per heavy atom. The van der Waals surface area contributed by atoms with Gasteiger partial charge < -0.3 is 5.73 Å². The normalized spacial score (nSPS) is 10.1. The molecule has 0 aliphatic rings. The van der Waals surface area contributed by atoms with Gasteiger partial charge in [-0.25, -0.2) is 0 Å². The standard InChI is InChI=1S/C13H12N2O/c14-8-10-3-5-11(6-4-10)13(16)12-2-1-7-15-9-12/h1-7,9H,8,14H2. The lowest BCUT2D eigenvalue weighted by Crippen LogP contribution is -2.02. The topological polar surface area (TPSA) is 56.0 Å². The minimum absolute atomic E-state index is 0.0170. The Labute approximate surface area is 93.9 Å². The molecule has 2 rings (SSSR count). The third-order valence-electron chi connectivity index (χ3n) is 2.38. The van der Waals surface area contributed by atoms with Gasteiger partial charge in [0.2, 0.25) is 0 Å². The van der Waals surface area contributed by atoms with E-state index in [1.165, 1.54) is 0 Å². The van der Waals surface area contributed by atoms with Crippen molar-refractivity contribution >= 4 is 5.78 Å². The fourth-order valence-corrected chi connectivity index (χ4v) is 1.46. The van der Waals surface area contributed by atoms with Crippen LogP contribution >= 0.6 is 0 Å². The molecule has 0 fully saturated rings. The molecule has 80 valence electrons. The highest BCUT2D eigenvalue weighted by atomic mass is 16.1. The highest BCUT2D eigenvalue weighted by Crippen LogP contribution is 2.09. The van der Waals surface area contributed by atoms with Crippen molar-refractivity contribution in [2.24, 2.45) is 5.73 Å². The van der Waals surface area contributed by atoms with Gasteiger partial charge in [-0.2, -0.15) is 0 Å². The molecule has 0 radical (unpaired) electrons. The maximum absolute atomic E-state index is 12.0. The van der Waals surface area contributed by atoms with Gasteiger partial charge in [0.1, 0.15) is 0 Å². The number of aromatic nitrogens is 1. The summed E-state index contributed by atoms with van der Waals surface area (Å²) in [7, 11) is 0. The van der Waals surface area contributed by atoms with Crippen LogP contribution in [-0.4, -0.2) is 10.8 Å². The first-order chi connectivity index (χ1) is 7.81.